The Morgan fingerprint density at radius 1 is 0.833 bits per heavy atom. The van der Waals surface area contributed by atoms with Crippen LogP contribution >= 0.6 is 0 Å². The maximum Gasteiger partial charge on any atom is 0.462 e. The number of rotatable bonds is 6. The third-order valence-corrected chi connectivity index (χ3v) is 2.17. The van der Waals surface area contributed by atoms with E-state index < -0.39 is 48.7 Å². The average Bonchev–Trinajstić information content (AvgIpc) is 2.31. The third-order valence-electron chi connectivity index (χ3n) is 2.17. The molecule has 0 amide bonds. The van der Waals surface area contributed by atoms with Crippen LogP contribution in [0.1, 0.15) is 13.8 Å². The van der Waals surface area contributed by atoms with Crippen molar-refractivity contribution in [3.05, 3.63) is 0 Å². The molecule has 0 bridgehead atoms. The van der Waals surface area contributed by atoms with E-state index in [2.05, 4.69) is 4.74 Å². The van der Waals surface area contributed by atoms with E-state index in [-0.39, 0.29) is 0 Å². The molecule has 0 aromatic carbocycles. The van der Waals surface area contributed by atoms with Crippen molar-refractivity contribution in [1.29, 1.82) is 0 Å². The van der Waals surface area contributed by atoms with Crippen LogP contribution in [0.25, 0.3) is 0 Å². The number of esters is 1. The Morgan fingerprint density at radius 2 is 1.25 bits per heavy atom. The van der Waals surface area contributed by atoms with E-state index in [1.807, 2.05) is 4.74 Å². The summed E-state index contributed by atoms with van der Waals surface area (Å²) in [6, 6.07) is 0. The van der Waals surface area contributed by atoms with E-state index in [4.69, 9.17) is 0 Å². The molecular formula is C10H9F11O3. The highest BCUT2D eigenvalue weighted by Crippen LogP contribution is 2.51. The molecule has 14 heteroatoms. The molecule has 24 heavy (non-hydrogen) atoms. The molecule has 0 fully saturated rings. The van der Waals surface area contributed by atoms with Crippen LogP contribution in [0, 0.1) is 5.92 Å². The number of hydrogen-bond acceptors (Lipinski definition) is 3. The van der Waals surface area contributed by atoms with E-state index in [1.165, 1.54) is 13.8 Å². The summed E-state index contributed by atoms with van der Waals surface area (Å²) in [6.07, 6.45) is -20.9. The van der Waals surface area contributed by atoms with Gasteiger partial charge in [-0.2, -0.15) is 48.3 Å². The standard InChI is InChI=1S/C10H9F11O3/c1-4(2)3-23-5(22)6(11,8(14,15)16)24-10(20,21)7(12,13)9(17,18)19/h4H,3H2,1-2H3/t6-/m1/s1. The molecule has 0 N–H and O–H groups in total. The van der Waals surface area contributed by atoms with Crippen molar-refractivity contribution in [3.8, 4) is 0 Å². The van der Waals surface area contributed by atoms with Crippen molar-refractivity contribution in [2.45, 2.75) is 44.1 Å². The van der Waals surface area contributed by atoms with Crippen LogP contribution in [-0.4, -0.2) is 42.8 Å². The molecule has 0 rings (SSSR count). The Kier molecular flexibility index (Phi) is 6.15. The minimum Gasteiger partial charge on any atom is -0.461 e. The largest absolute Gasteiger partial charge is 0.462 e. The minimum absolute atomic E-state index is 0.747. The first kappa shape index (κ1) is 22.7. The molecule has 0 heterocycles. The Labute approximate surface area is 126 Å². The van der Waals surface area contributed by atoms with Crippen molar-refractivity contribution < 1.29 is 62.6 Å². The summed E-state index contributed by atoms with van der Waals surface area (Å²) in [5.41, 5.74) is 0. The highest BCUT2D eigenvalue weighted by atomic mass is 19.4. The molecule has 0 spiro atoms. The van der Waals surface area contributed by atoms with Crippen molar-refractivity contribution in [1.82, 2.24) is 0 Å². The second-order valence-electron chi connectivity index (χ2n) is 4.78. The number of alkyl halides is 11. The van der Waals surface area contributed by atoms with E-state index in [9.17, 15) is 53.1 Å². The molecule has 0 aliphatic rings. The Balaban J connectivity index is 5.78. The number of ether oxygens (including phenoxy) is 2. The fourth-order valence-corrected chi connectivity index (χ4v) is 0.956. The minimum atomic E-state index is -7.22. The second-order valence-corrected chi connectivity index (χ2v) is 4.78. The molecule has 0 aromatic rings. The number of carbonyl (C=O) groups excluding carboxylic acids is 1. The first-order valence-electron chi connectivity index (χ1n) is 5.75. The van der Waals surface area contributed by atoms with Crippen molar-refractivity contribution in [3.63, 3.8) is 0 Å². The topological polar surface area (TPSA) is 35.5 Å². The Morgan fingerprint density at radius 3 is 1.54 bits per heavy atom. The van der Waals surface area contributed by atoms with E-state index in [0.717, 1.165) is 0 Å². The molecule has 0 radical (unpaired) electrons. The predicted molar refractivity (Wildman–Crippen MR) is 52.7 cm³/mol. The summed E-state index contributed by atoms with van der Waals surface area (Å²) in [5, 5.41) is 0. The van der Waals surface area contributed by atoms with Crippen LogP contribution in [0.5, 0.6) is 0 Å². The van der Waals surface area contributed by atoms with Crippen LogP contribution in [0.15, 0.2) is 0 Å². The van der Waals surface area contributed by atoms with E-state index >= 15 is 0 Å². The zero-order valence-electron chi connectivity index (χ0n) is 11.7. The number of halogens is 11. The summed E-state index contributed by atoms with van der Waals surface area (Å²) in [7, 11) is 0. The zero-order valence-corrected chi connectivity index (χ0v) is 11.7. The van der Waals surface area contributed by atoms with Crippen LogP contribution < -0.4 is 0 Å². The molecule has 0 saturated carbocycles. The Bertz CT molecular complexity index is 454. The molecule has 144 valence electrons. The van der Waals surface area contributed by atoms with E-state index in [0.29, 0.717) is 0 Å². The van der Waals surface area contributed by atoms with Gasteiger partial charge in [-0.15, -0.1) is 0 Å². The number of carbonyl (C=O) groups is 1. The molecule has 3 nitrogen and oxygen atoms in total. The summed E-state index contributed by atoms with van der Waals surface area (Å²) in [4.78, 5) is 11.0. The predicted octanol–water partition coefficient (Wildman–Crippen LogP) is 4.22. The summed E-state index contributed by atoms with van der Waals surface area (Å²) < 4.78 is 143. The van der Waals surface area contributed by atoms with Gasteiger partial charge in [-0.05, 0) is 5.92 Å². The molecule has 0 aliphatic heterocycles. The third kappa shape index (κ3) is 4.39. The van der Waals surface area contributed by atoms with Gasteiger partial charge in [0.25, 0.3) is 0 Å². The van der Waals surface area contributed by atoms with Crippen LogP contribution in [0.2, 0.25) is 0 Å². The van der Waals surface area contributed by atoms with E-state index in [1.54, 1.807) is 0 Å². The van der Waals surface area contributed by atoms with Gasteiger partial charge in [0.05, 0.1) is 6.61 Å². The SMILES string of the molecule is CC(C)COC(=O)[C@@](F)(OC(F)(F)C(F)(F)C(F)(F)F)C(F)(F)F. The van der Waals surface area contributed by atoms with Crippen molar-refractivity contribution in [2.24, 2.45) is 5.92 Å². The van der Waals surface area contributed by atoms with Gasteiger partial charge in [-0.1, -0.05) is 13.8 Å². The highest BCUT2D eigenvalue weighted by molar-refractivity contribution is 5.78. The second kappa shape index (κ2) is 6.52. The monoisotopic (exact) mass is 386 g/mol. The van der Waals surface area contributed by atoms with Crippen molar-refractivity contribution in [2.75, 3.05) is 6.61 Å². The molecule has 0 saturated heterocycles. The summed E-state index contributed by atoms with van der Waals surface area (Å²) in [5.74, 6) is -17.5. The zero-order chi connectivity index (χ0) is 19.8. The summed E-state index contributed by atoms with van der Waals surface area (Å²) in [6.45, 7) is 1.45. The van der Waals surface area contributed by atoms with Gasteiger partial charge in [0, 0.05) is 0 Å². The van der Waals surface area contributed by atoms with Gasteiger partial charge >= 0.3 is 36.2 Å². The van der Waals surface area contributed by atoms with Crippen molar-refractivity contribution >= 4 is 5.97 Å². The van der Waals surface area contributed by atoms with Crippen LogP contribution in [0.3, 0.4) is 0 Å². The lowest BCUT2D eigenvalue weighted by molar-refractivity contribution is -0.475. The first-order valence-corrected chi connectivity index (χ1v) is 5.75. The maximum absolute atomic E-state index is 13.6. The highest BCUT2D eigenvalue weighted by Gasteiger charge is 2.80. The fourth-order valence-electron chi connectivity index (χ4n) is 0.956. The van der Waals surface area contributed by atoms with Gasteiger partial charge in [0.2, 0.25) is 0 Å². The lowest BCUT2D eigenvalue weighted by Gasteiger charge is -2.33. The first-order chi connectivity index (χ1) is 10.3. The lowest BCUT2D eigenvalue weighted by atomic mass is 10.2. The van der Waals surface area contributed by atoms with Gasteiger partial charge in [-0.3, -0.25) is 4.74 Å². The maximum atomic E-state index is 13.6. The molecule has 0 aromatic heterocycles. The van der Waals surface area contributed by atoms with Crippen LogP contribution in [-0.2, 0) is 14.3 Å². The van der Waals surface area contributed by atoms with Gasteiger partial charge in [0.15, 0.2) is 0 Å². The molecule has 1 atom stereocenters. The summed E-state index contributed by atoms with van der Waals surface area (Å²) >= 11 is 0. The van der Waals surface area contributed by atoms with Gasteiger partial charge in [0.1, 0.15) is 0 Å². The van der Waals surface area contributed by atoms with Crippen LogP contribution in [0.4, 0.5) is 48.3 Å². The van der Waals surface area contributed by atoms with Gasteiger partial charge in [-0.25, -0.2) is 4.79 Å². The lowest BCUT2D eigenvalue weighted by Crippen LogP contribution is -2.61. The number of hydrogen-bond donors (Lipinski definition) is 0. The molecule has 0 aliphatic carbocycles. The quantitative estimate of drug-likeness (QED) is 0.507. The Hall–Kier alpha value is -1.34. The smallest absolute Gasteiger partial charge is 0.461 e. The molecule has 0 unspecified atom stereocenters. The van der Waals surface area contributed by atoms with Gasteiger partial charge < -0.3 is 4.74 Å². The fraction of sp³-hybridized carbons (Fsp3) is 0.900. The normalized spacial score (nSPS) is 16.9. The average molecular weight is 386 g/mol. The molecular weight excluding hydrogens is 377 g/mol.